The second-order valence-corrected chi connectivity index (χ2v) is 3.96. The van der Waals surface area contributed by atoms with Crippen molar-refractivity contribution in [3.05, 3.63) is 0 Å². The Labute approximate surface area is 78.7 Å². The van der Waals surface area contributed by atoms with Gasteiger partial charge in [0.25, 0.3) is 0 Å². The van der Waals surface area contributed by atoms with Crippen molar-refractivity contribution in [1.29, 1.82) is 0 Å². The quantitative estimate of drug-likeness (QED) is 0.636. The van der Waals surface area contributed by atoms with Crippen molar-refractivity contribution in [3.63, 3.8) is 0 Å². The van der Waals surface area contributed by atoms with E-state index in [0.717, 1.165) is 12.8 Å². The molecule has 1 fully saturated rings. The van der Waals surface area contributed by atoms with Gasteiger partial charge < -0.3 is 15.7 Å². The Kier molecular flexibility index (Phi) is 2.93. The van der Waals surface area contributed by atoms with Crippen molar-refractivity contribution < 1.29 is 9.90 Å². The maximum Gasteiger partial charge on any atom is 0.239 e. The predicted molar refractivity (Wildman–Crippen MR) is 50.1 cm³/mol. The Bertz CT molecular complexity index is 198. The summed E-state index contributed by atoms with van der Waals surface area (Å²) in [5.41, 5.74) is 4.80. The Balaban J connectivity index is 2.36. The van der Waals surface area contributed by atoms with Gasteiger partial charge in [-0.25, -0.2) is 0 Å². The standard InChI is InChI=1S/C9H18N2O2/c1-3-4-9(13)5-11(6-9)8(12)7(2)10/h7,13H,3-6,10H2,1-2H3/t7-/m1/s1. The fourth-order valence-electron chi connectivity index (χ4n) is 1.73. The lowest BCUT2D eigenvalue weighted by atomic mass is 9.89. The second kappa shape index (κ2) is 3.64. The molecule has 1 amide bonds. The molecule has 1 aliphatic heterocycles. The van der Waals surface area contributed by atoms with E-state index in [2.05, 4.69) is 0 Å². The lowest BCUT2D eigenvalue weighted by Crippen LogP contribution is -2.65. The summed E-state index contributed by atoms with van der Waals surface area (Å²) in [6, 6.07) is -0.453. The fourth-order valence-corrected chi connectivity index (χ4v) is 1.73. The first-order chi connectivity index (χ1) is 5.98. The summed E-state index contributed by atoms with van der Waals surface area (Å²) in [5.74, 6) is -0.0687. The largest absolute Gasteiger partial charge is 0.386 e. The van der Waals surface area contributed by atoms with Gasteiger partial charge in [0, 0.05) is 0 Å². The first kappa shape index (κ1) is 10.5. The molecule has 4 nitrogen and oxygen atoms in total. The number of hydrogen-bond acceptors (Lipinski definition) is 3. The van der Waals surface area contributed by atoms with Gasteiger partial charge in [0.2, 0.25) is 5.91 Å². The van der Waals surface area contributed by atoms with Gasteiger partial charge in [0.05, 0.1) is 24.7 Å². The summed E-state index contributed by atoms with van der Waals surface area (Å²) >= 11 is 0. The Morgan fingerprint density at radius 3 is 2.62 bits per heavy atom. The van der Waals surface area contributed by atoms with E-state index in [1.807, 2.05) is 6.92 Å². The number of nitrogens with two attached hydrogens (primary N) is 1. The van der Waals surface area contributed by atoms with Crippen LogP contribution in [0.5, 0.6) is 0 Å². The van der Waals surface area contributed by atoms with E-state index in [1.165, 1.54) is 0 Å². The van der Waals surface area contributed by atoms with Crippen LogP contribution in [0.15, 0.2) is 0 Å². The van der Waals surface area contributed by atoms with E-state index in [9.17, 15) is 9.90 Å². The molecule has 1 atom stereocenters. The van der Waals surface area contributed by atoms with Gasteiger partial charge in [0.15, 0.2) is 0 Å². The molecule has 1 saturated heterocycles. The molecule has 0 radical (unpaired) electrons. The molecule has 1 heterocycles. The van der Waals surface area contributed by atoms with Gasteiger partial charge in [-0.3, -0.25) is 4.79 Å². The highest BCUT2D eigenvalue weighted by Gasteiger charge is 2.43. The number of hydrogen-bond donors (Lipinski definition) is 2. The summed E-state index contributed by atoms with van der Waals surface area (Å²) in [6.45, 7) is 4.58. The first-order valence-corrected chi connectivity index (χ1v) is 4.75. The lowest BCUT2D eigenvalue weighted by Gasteiger charge is -2.47. The van der Waals surface area contributed by atoms with Gasteiger partial charge in [-0.2, -0.15) is 0 Å². The zero-order valence-electron chi connectivity index (χ0n) is 8.29. The smallest absolute Gasteiger partial charge is 0.239 e. The number of amides is 1. The molecular formula is C9H18N2O2. The molecule has 4 heteroatoms. The minimum Gasteiger partial charge on any atom is -0.386 e. The molecule has 0 saturated carbocycles. The number of β-amino-alcohol motifs (C(OH)–C–C–N with tert-alkyl or cyclic N) is 1. The zero-order chi connectivity index (χ0) is 10.1. The van der Waals surface area contributed by atoms with Crippen LogP contribution in [0, 0.1) is 0 Å². The molecule has 0 aromatic carbocycles. The Morgan fingerprint density at radius 1 is 1.69 bits per heavy atom. The minimum atomic E-state index is -0.640. The summed E-state index contributed by atoms with van der Waals surface area (Å²) in [4.78, 5) is 12.9. The molecule has 76 valence electrons. The first-order valence-electron chi connectivity index (χ1n) is 4.75. The van der Waals surface area contributed by atoms with Gasteiger partial charge >= 0.3 is 0 Å². The maximum absolute atomic E-state index is 11.3. The van der Waals surface area contributed by atoms with Crippen LogP contribution in [-0.4, -0.2) is 40.6 Å². The van der Waals surface area contributed by atoms with Crippen LogP contribution in [-0.2, 0) is 4.79 Å². The van der Waals surface area contributed by atoms with Gasteiger partial charge in [-0.15, -0.1) is 0 Å². The highest BCUT2D eigenvalue weighted by Crippen LogP contribution is 2.25. The maximum atomic E-state index is 11.3. The average molecular weight is 186 g/mol. The van der Waals surface area contributed by atoms with Gasteiger partial charge in [0.1, 0.15) is 0 Å². The molecule has 0 aliphatic carbocycles. The third kappa shape index (κ3) is 2.19. The van der Waals surface area contributed by atoms with E-state index in [1.54, 1.807) is 11.8 Å². The van der Waals surface area contributed by atoms with Gasteiger partial charge in [-0.05, 0) is 13.3 Å². The number of rotatable bonds is 3. The average Bonchev–Trinajstić information content (AvgIpc) is 1.99. The molecule has 0 spiro atoms. The van der Waals surface area contributed by atoms with Crippen molar-refractivity contribution in [2.24, 2.45) is 5.73 Å². The van der Waals surface area contributed by atoms with Crippen LogP contribution in [0.4, 0.5) is 0 Å². The van der Waals surface area contributed by atoms with Crippen LogP contribution in [0.3, 0.4) is 0 Å². The molecular weight excluding hydrogens is 168 g/mol. The number of aliphatic hydroxyl groups is 1. The van der Waals surface area contributed by atoms with E-state index in [0.29, 0.717) is 13.1 Å². The van der Waals surface area contributed by atoms with E-state index in [4.69, 9.17) is 5.73 Å². The highest BCUT2D eigenvalue weighted by atomic mass is 16.3. The Hall–Kier alpha value is -0.610. The minimum absolute atomic E-state index is 0.0687. The third-order valence-corrected chi connectivity index (χ3v) is 2.39. The Morgan fingerprint density at radius 2 is 2.23 bits per heavy atom. The van der Waals surface area contributed by atoms with Gasteiger partial charge in [-0.1, -0.05) is 13.3 Å². The highest BCUT2D eigenvalue weighted by molar-refractivity contribution is 5.82. The summed E-state index contributed by atoms with van der Waals surface area (Å²) < 4.78 is 0. The summed E-state index contributed by atoms with van der Waals surface area (Å²) in [5, 5.41) is 9.78. The lowest BCUT2D eigenvalue weighted by molar-refractivity contribution is -0.157. The monoisotopic (exact) mass is 186 g/mol. The fraction of sp³-hybridized carbons (Fsp3) is 0.889. The van der Waals surface area contributed by atoms with Crippen molar-refractivity contribution in [2.75, 3.05) is 13.1 Å². The zero-order valence-corrected chi connectivity index (χ0v) is 8.29. The van der Waals surface area contributed by atoms with E-state index in [-0.39, 0.29) is 5.91 Å². The third-order valence-electron chi connectivity index (χ3n) is 2.39. The molecule has 0 unspecified atom stereocenters. The van der Waals surface area contributed by atoms with Crippen molar-refractivity contribution in [3.8, 4) is 0 Å². The van der Waals surface area contributed by atoms with E-state index < -0.39 is 11.6 Å². The molecule has 0 bridgehead atoms. The number of likely N-dealkylation sites (tertiary alicyclic amines) is 1. The normalized spacial score (nSPS) is 22.3. The van der Waals surface area contributed by atoms with Crippen LogP contribution < -0.4 is 5.73 Å². The molecule has 13 heavy (non-hydrogen) atoms. The van der Waals surface area contributed by atoms with Crippen LogP contribution in [0.25, 0.3) is 0 Å². The second-order valence-electron chi connectivity index (χ2n) is 3.96. The van der Waals surface area contributed by atoms with Crippen molar-refractivity contribution >= 4 is 5.91 Å². The summed E-state index contributed by atoms with van der Waals surface area (Å²) in [6.07, 6.45) is 1.70. The molecule has 3 N–H and O–H groups in total. The van der Waals surface area contributed by atoms with E-state index >= 15 is 0 Å². The number of carbonyl (C=O) groups excluding carboxylic acids is 1. The molecule has 0 aromatic heterocycles. The van der Waals surface area contributed by atoms with Crippen molar-refractivity contribution in [1.82, 2.24) is 4.90 Å². The van der Waals surface area contributed by atoms with Crippen LogP contribution >= 0.6 is 0 Å². The summed E-state index contributed by atoms with van der Waals surface area (Å²) in [7, 11) is 0. The molecule has 1 aliphatic rings. The number of nitrogens with zero attached hydrogens (tertiary/aromatic N) is 1. The number of carbonyl (C=O) groups is 1. The molecule has 0 aromatic rings. The van der Waals surface area contributed by atoms with Crippen molar-refractivity contribution in [2.45, 2.75) is 38.3 Å². The predicted octanol–water partition coefficient (Wildman–Crippen LogP) is -0.293. The van der Waals surface area contributed by atoms with Crippen LogP contribution in [0.2, 0.25) is 0 Å². The molecule has 1 rings (SSSR count). The topological polar surface area (TPSA) is 66.6 Å². The SMILES string of the molecule is CCCC1(O)CN(C(=O)[C@@H](C)N)C1. The van der Waals surface area contributed by atoms with Crippen LogP contribution in [0.1, 0.15) is 26.7 Å².